The fourth-order valence-corrected chi connectivity index (χ4v) is 3.88. The molecule has 6 nitrogen and oxygen atoms in total. The quantitative estimate of drug-likeness (QED) is 0.782. The number of amides is 2. The van der Waals surface area contributed by atoms with E-state index in [2.05, 4.69) is 15.9 Å². The lowest BCUT2D eigenvalue weighted by atomic mass is 10.0. The molecule has 2 aliphatic heterocycles. The fraction of sp³-hybridized carbons (Fsp3) is 0.467. The summed E-state index contributed by atoms with van der Waals surface area (Å²) in [6, 6.07) is 3.60. The highest BCUT2D eigenvalue weighted by Crippen LogP contribution is 2.37. The molecular weight excluding hydrogens is 388 g/mol. The van der Waals surface area contributed by atoms with Gasteiger partial charge in [0.15, 0.2) is 6.10 Å². The minimum atomic E-state index is -0.944. The number of piperazine rings is 1. The summed E-state index contributed by atoms with van der Waals surface area (Å²) in [5, 5.41) is 9.59. The molecule has 1 saturated heterocycles. The second-order valence-electron chi connectivity index (χ2n) is 5.62. The number of ether oxygens (including phenoxy) is 1. The zero-order valence-corrected chi connectivity index (χ0v) is 14.6. The third-order valence-corrected chi connectivity index (χ3v) is 4.97. The number of rotatable bonds is 1. The van der Waals surface area contributed by atoms with Crippen LogP contribution in [0.5, 0.6) is 5.75 Å². The first-order valence-electron chi connectivity index (χ1n) is 7.37. The molecule has 0 radical (unpaired) electrons. The number of benzene rings is 1. The zero-order chi connectivity index (χ0) is 16.6. The molecular formula is C15H16BrClN2O4. The highest BCUT2D eigenvalue weighted by Gasteiger charge is 2.33. The highest BCUT2D eigenvalue weighted by molar-refractivity contribution is 9.10. The maximum Gasteiger partial charge on any atom is 0.407 e. The molecule has 2 amide bonds. The maximum absolute atomic E-state index is 12.6. The summed E-state index contributed by atoms with van der Waals surface area (Å²) in [5.74, 6) is 0.589. The lowest BCUT2D eigenvalue weighted by molar-refractivity contribution is -0.141. The van der Waals surface area contributed by atoms with Crippen LogP contribution in [0.4, 0.5) is 4.79 Å². The van der Waals surface area contributed by atoms with Gasteiger partial charge < -0.3 is 19.6 Å². The van der Waals surface area contributed by atoms with E-state index in [1.54, 1.807) is 11.0 Å². The first-order valence-corrected chi connectivity index (χ1v) is 8.54. The molecule has 1 N–H and O–H groups in total. The van der Waals surface area contributed by atoms with E-state index in [4.69, 9.17) is 21.4 Å². The van der Waals surface area contributed by atoms with Crippen molar-refractivity contribution < 1.29 is 19.4 Å². The number of hydrogen-bond acceptors (Lipinski definition) is 3. The lowest BCUT2D eigenvalue weighted by Crippen LogP contribution is -2.53. The van der Waals surface area contributed by atoms with Crippen LogP contribution < -0.4 is 4.74 Å². The Hall–Kier alpha value is -1.47. The lowest BCUT2D eigenvalue weighted by Gasteiger charge is -2.36. The minimum absolute atomic E-state index is 0.0810. The van der Waals surface area contributed by atoms with Crippen LogP contribution in [0.1, 0.15) is 12.0 Å². The number of nitrogens with zero attached hydrogens (tertiary/aromatic N) is 2. The van der Waals surface area contributed by atoms with Crippen molar-refractivity contribution in [1.29, 1.82) is 0 Å². The minimum Gasteiger partial charge on any atom is -0.479 e. The number of carboxylic acid groups (broad SMARTS) is 1. The molecule has 1 aromatic rings. The number of carbonyl (C=O) groups is 2. The molecule has 0 aromatic heterocycles. The van der Waals surface area contributed by atoms with Crippen LogP contribution in [-0.4, -0.2) is 59.2 Å². The number of carbonyl (C=O) groups excluding carboxylic acids is 1. The van der Waals surface area contributed by atoms with Gasteiger partial charge in [-0.3, -0.25) is 4.79 Å². The van der Waals surface area contributed by atoms with Crippen LogP contribution in [0, 0.1) is 0 Å². The van der Waals surface area contributed by atoms with Gasteiger partial charge in [0.25, 0.3) is 5.91 Å². The summed E-state index contributed by atoms with van der Waals surface area (Å²) in [6.07, 6.45) is -0.158. The monoisotopic (exact) mass is 402 g/mol. The predicted octanol–water partition coefficient (Wildman–Crippen LogP) is 2.62. The molecule has 0 saturated carbocycles. The second-order valence-corrected chi connectivity index (χ2v) is 6.91. The van der Waals surface area contributed by atoms with Crippen molar-refractivity contribution in [3.63, 3.8) is 0 Å². The van der Waals surface area contributed by atoms with Gasteiger partial charge in [0.2, 0.25) is 0 Å². The summed E-state index contributed by atoms with van der Waals surface area (Å²) in [7, 11) is 0. The largest absolute Gasteiger partial charge is 0.479 e. The molecule has 3 rings (SSSR count). The summed E-state index contributed by atoms with van der Waals surface area (Å²) in [5.41, 5.74) is 0.990. The Morgan fingerprint density at radius 3 is 2.52 bits per heavy atom. The van der Waals surface area contributed by atoms with Gasteiger partial charge in [-0.15, -0.1) is 0 Å². The van der Waals surface area contributed by atoms with Crippen molar-refractivity contribution in [1.82, 2.24) is 9.80 Å². The summed E-state index contributed by atoms with van der Waals surface area (Å²) in [4.78, 5) is 26.5. The normalized spacial score (nSPS) is 20.7. The molecule has 2 heterocycles. The van der Waals surface area contributed by atoms with Gasteiger partial charge >= 0.3 is 6.09 Å². The van der Waals surface area contributed by atoms with E-state index < -0.39 is 12.2 Å². The topological polar surface area (TPSA) is 70.1 Å². The Balaban J connectivity index is 1.67. The molecule has 1 fully saturated rings. The number of hydrogen-bond donors (Lipinski definition) is 1. The van der Waals surface area contributed by atoms with Gasteiger partial charge in [0.05, 0.1) is 4.47 Å². The van der Waals surface area contributed by atoms with E-state index in [0.717, 1.165) is 16.5 Å². The fourth-order valence-electron chi connectivity index (χ4n) is 2.91. The molecule has 0 spiro atoms. The van der Waals surface area contributed by atoms with Gasteiger partial charge in [-0.05, 0) is 46.5 Å². The predicted molar refractivity (Wildman–Crippen MR) is 88.1 cm³/mol. The van der Waals surface area contributed by atoms with Gasteiger partial charge in [-0.2, -0.15) is 0 Å². The molecule has 1 atom stereocenters. The Labute approximate surface area is 147 Å². The van der Waals surface area contributed by atoms with Crippen LogP contribution in [0.3, 0.4) is 0 Å². The van der Waals surface area contributed by atoms with Gasteiger partial charge in [0.1, 0.15) is 5.75 Å². The number of aryl methyl sites for hydroxylation is 1. The van der Waals surface area contributed by atoms with Crippen LogP contribution >= 0.6 is 27.5 Å². The van der Waals surface area contributed by atoms with Crippen molar-refractivity contribution in [3.05, 3.63) is 27.2 Å². The SMILES string of the molecule is O=C(O)N1CCN(C(=O)C2CCc3cc(Cl)cc(Br)c3O2)CC1. The van der Waals surface area contributed by atoms with Crippen LogP contribution in [0.15, 0.2) is 16.6 Å². The van der Waals surface area contributed by atoms with E-state index in [-0.39, 0.29) is 5.91 Å². The smallest absolute Gasteiger partial charge is 0.407 e. The Morgan fingerprint density at radius 1 is 1.22 bits per heavy atom. The molecule has 1 unspecified atom stereocenters. The molecule has 124 valence electrons. The van der Waals surface area contributed by atoms with Crippen molar-refractivity contribution in [3.8, 4) is 5.75 Å². The van der Waals surface area contributed by atoms with Gasteiger partial charge in [-0.1, -0.05) is 11.6 Å². The average molecular weight is 404 g/mol. The van der Waals surface area contributed by atoms with Crippen LogP contribution in [-0.2, 0) is 11.2 Å². The first-order chi connectivity index (χ1) is 11.0. The zero-order valence-electron chi connectivity index (χ0n) is 12.3. The van der Waals surface area contributed by atoms with Crippen molar-refractivity contribution >= 4 is 39.5 Å². The van der Waals surface area contributed by atoms with Crippen molar-refractivity contribution in [2.24, 2.45) is 0 Å². The van der Waals surface area contributed by atoms with Crippen molar-refractivity contribution in [2.45, 2.75) is 18.9 Å². The third-order valence-electron chi connectivity index (χ3n) is 4.16. The highest BCUT2D eigenvalue weighted by atomic mass is 79.9. The number of fused-ring (bicyclic) bond motifs is 1. The molecule has 23 heavy (non-hydrogen) atoms. The molecule has 8 heteroatoms. The Morgan fingerprint density at radius 2 is 1.87 bits per heavy atom. The van der Waals surface area contributed by atoms with E-state index >= 15 is 0 Å². The standard InChI is InChI=1S/C15H16BrClN2O4/c16-11-8-10(17)7-9-1-2-12(23-13(9)11)14(20)18-3-5-19(6-4-18)15(21)22/h7-8,12H,1-6H2,(H,21,22). The average Bonchev–Trinajstić information content (AvgIpc) is 2.54. The van der Waals surface area contributed by atoms with E-state index in [1.165, 1.54) is 4.90 Å². The molecule has 0 bridgehead atoms. The molecule has 0 aliphatic carbocycles. The van der Waals surface area contributed by atoms with E-state index in [0.29, 0.717) is 43.4 Å². The van der Waals surface area contributed by atoms with E-state index in [1.807, 2.05) is 6.07 Å². The van der Waals surface area contributed by atoms with Crippen molar-refractivity contribution in [2.75, 3.05) is 26.2 Å². The van der Waals surface area contributed by atoms with E-state index in [9.17, 15) is 9.59 Å². The Bertz CT molecular complexity index is 647. The summed E-state index contributed by atoms with van der Waals surface area (Å²) >= 11 is 9.45. The van der Waals surface area contributed by atoms with Gasteiger partial charge in [0, 0.05) is 31.2 Å². The maximum atomic E-state index is 12.6. The molecule has 2 aliphatic rings. The number of halogens is 2. The van der Waals surface area contributed by atoms with Crippen LogP contribution in [0.25, 0.3) is 0 Å². The summed E-state index contributed by atoms with van der Waals surface area (Å²) in [6.45, 7) is 1.48. The third kappa shape index (κ3) is 3.40. The Kier molecular flexibility index (Phi) is 4.68. The summed E-state index contributed by atoms with van der Waals surface area (Å²) < 4.78 is 6.62. The van der Waals surface area contributed by atoms with Gasteiger partial charge in [-0.25, -0.2) is 4.79 Å². The van der Waals surface area contributed by atoms with Crippen LogP contribution in [0.2, 0.25) is 5.02 Å². The molecule has 1 aromatic carbocycles. The second kappa shape index (κ2) is 6.57. The first kappa shape index (κ1) is 16.4.